The molecular weight excluding hydrogens is 743 g/mol. The molecule has 3 atom stereocenters. The standard InChI is InChI=1S/C54H91NO5/c1-4-7-10-13-16-19-22-25-26-27-29-32-35-38-41-44-47-54(59)60-50(45-42-39-36-33-30-28-23-20-17-14-11-8-5-2)48-53(58)55-51(49-56)52(57)46-43-40-37-34-31-24-21-18-15-12-9-6-3/h7-8,10-11,14,16-17,19-20,23,25-26,28-30,32,50-52,56-57H,4-6,9,12-13,15,18,21-22,24,27,31,33-49H2,1-3H3,(H,55,58)/b10-7+,11-8+,17-14+,19-16+,23-20+,26-25+,30-28-,32-29+. The minimum atomic E-state index is -0.809. The van der Waals surface area contributed by atoms with Gasteiger partial charge in [-0.05, 0) is 83.5 Å². The molecule has 3 unspecified atom stereocenters. The fraction of sp³-hybridized carbons (Fsp3) is 0.667. The van der Waals surface area contributed by atoms with Gasteiger partial charge in [0.15, 0.2) is 0 Å². The smallest absolute Gasteiger partial charge is 0.306 e. The average Bonchev–Trinajstić information content (AvgIpc) is 3.24. The van der Waals surface area contributed by atoms with Crippen LogP contribution in [0.4, 0.5) is 0 Å². The first kappa shape index (κ1) is 56.8. The number of nitrogens with one attached hydrogen (secondary N) is 1. The van der Waals surface area contributed by atoms with Crippen LogP contribution in [0.1, 0.15) is 207 Å². The minimum absolute atomic E-state index is 0.0328. The lowest BCUT2D eigenvalue weighted by atomic mass is 10.0. The number of aliphatic hydroxyl groups is 2. The SMILES string of the molecule is CC/C=C/C=C/C=C/C=C\CCCCCC(CC(=O)NC(CO)C(O)CCCCCCCCCCCCCC)OC(=O)CCCCC/C=C/C/C=C/C/C=C/C/C=C/CC. The van der Waals surface area contributed by atoms with Crippen LogP contribution in [0.15, 0.2) is 97.2 Å². The Bertz CT molecular complexity index is 1210. The van der Waals surface area contributed by atoms with E-state index in [0.29, 0.717) is 19.3 Å². The molecule has 6 nitrogen and oxygen atoms in total. The maximum atomic E-state index is 13.2. The summed E-state index contributed by atoms with van der Waals surface area (Å²) >= 11 is 0. The van der Waals surface area contributed by atoms with Crippen LogP contribution in [0, 0.1) is 0 Å². The predicted molar refractivity (Wildman–Crippen MR) is 259 cm³/mol. The Labute approximate surface area is 369 Å². The Morgan fingerprint density at radius 2 is 0.983 bits per heavy atom. The van der Waals surface area contributed by atoms with Crippen molar-refractivity contribution in [3.63, 3.8) is 0 Å². The number of amides is 1. The third kappa shape index (κ3) is 41.5. The van der Waals surface area contributed by atoms with Crippen LogP contribution >= 0.6 is 0 Å². The van der Waals surface area contributed by atoms with E-state index in [9.17, 15) is 19.8 Å². The lowest BCUT2D eigenvalue weighted by Crippen LogP contribution is -2.46. The van der Waals surface area contributed by atoms with E-state index >= 15 is 0 Å². The van der Waals surface area contributed by atoms with Gasteiger partial charge in [-0.3, -0.25) is 9.59 Å². The van der Waals surface area contributed by atoms with Gasteiger partial charge in [0.05, 0.1) is 25.2 Å². The molecule has 0 aliphatic rings. The van der Waals surface area contributed by atoms with Crippen molar-refractivity contribution in [3.05, 3.63) is 97.2 Å². The number of carbonyl (C=O) groups excluding carboxylic acids is 2. The molecule has 0 aromatic rings. The number of hydrogen-bond donors (Lipinski definition) is 3. The molecule has 60 heavy (non-hydrogen) atoms. The first-order chi connectivity index (χ1) is 29.5. The summed E-state index contributed by atoms with van der Waals surface area (Å²) in [5.74, 6) is -0.559. The first-order valence-corrected chi connectivity index (χ1v) is 24.5. The Morgan fingerprint density at radius 3 is 1.57 bits per heavy atom. The van der Waals surface area contributed by atoms with Crippen LogP contribution in [0.5, 0.6) is 0 Å². The van der Waals surface area contributed by atoms with E-state index in [4.69, 9.17) is 4.74 Å². The van der Waals surface area contributed by atoms with Crippen molar-refractivity contribution in [1.82, 2.24) is 5.32 Å². The fourth-order valence-electron chi connectivity index (χ4n) is 6.84. The van der Waals surface area contributed by atoms with Crippen LogP contribution < -0.4 is 5.32 Å². The number of aliphatic hydroxyl groups excluding tert-OH is 2. The zero-order valence-electron chi connectivity index (χ0n) is 38.8. The van der Waals surface area contributed by atoms with Gasteiger partial charge < -0.3 is 20.3 Å². The molecule has 0 radical (unpaired) electrons. The summed E-state index contributed by atoms with van der Waals surface area (Å²) in [6.45, 7) is 6.19. The van der Waals surface area contributed by atoms with Crippen LogP contribution in [0.25, 0.3) is 0 Å². The van der Waals surface area contributed by atoms with E-state index in [1.54, 1.807) is 0 Å². The molecule has 0 aromatic carbocycles. The summed E-state index contributed by atoms with van der Waals surface area (Å²) in [7, 11) is 0. The van der Waals surface area contributed by atoms with Gasteiger partial charge in [0.2, 0.25) is 5.91 Å². The molecular formula is C54H91NO5. The fourth-order valence-corrected chi connectivity index (χ4v) is 6.84. The Balaban J connectivity index is 4.72. The molecule has 3 N–H and O–H groups in total. The van der Waals surface area contributed by atoms with E-state index in [1.165, 1.54) is 57.8 Å². The Hall–Kier alpha value is -3.22. The number of ether oxygens (including phenoxy) is 1. The first-order valence-electron chi connectivity index (χ1n) is 24.5. The zero-order valence-corrected chi connectivity index (χ0v) is 38.8. The van der Waals surface area contributed by atoms with Crippen LogP contribution in [0.2, 0.25) is 0 Å². The molecule has 0 bridgehead atoms. The quantitative estimate of drug-likeness (QED) is 0.0246. The van der Waals surface area contributed by atoms with Gasteiger partial charge in [0.25, 0.3) is 0 Å². The van der Waals surface area contributed by atoms with Crippen LogP contribution in [-0.4, -0.2) is 46.9 Å². The summed E-state index contributed by atoms with van der Waals surface area (Å²) in [5.41, 5.74) is 0. The summed E-state index contributed by atoms with van der Waals surface area (Å²) in [6.07, 6.45) is 61.8. The number of unbranched alkanes of at least 4 members (excludes halogenated alkanes) is 17. The highest BCUT2D eigenvalue weighted by Gasteiger charge is 2.24. The molecule has 0 saturated heterocycles. The lowest BCUT2D eigenvalue weighted by molar-refractivity contribution is -0.151. The van der Waals surface area contributed by atoms with Crippen LogP contribution in [-0.2, 0) is 14.3 Å². The molecule has 0 aromatic heterocycles. The summed E-state index contributed by atoms with van der Waals surface area (Å²) in [5, 5.41) is 23.7. The second-order valence-electron chi connectivity index (χ2n) is 16.2. The average molecular weight is 834 g/mol. The zero-order chi connectivity index (χ0) is 43.8. The number of hydrogen-bond acceptors (Lipinski definition) is 5. The summed E-state index contributed by atoms with van der Waals surface area (Å²) in [4.78, 5) is 26.1. The molecule has 1 amide bonds. The molecule has 0 saturated carbocycles. The van der Waals surface area contributed by atoms with Crippen molar-refractivity contribution in [1.29, 1.82) is 0 Å². The van der Waals surface area contributed by atoms with Crippen molar-refractivity contribution in [2.24, 2.45) is 0 Å². The maximum absolute atomic E-state index is 13.2. The second kappa shape index (κ2) is 46.8. The maximum Gasteiger partial charge on any atom is 0.306 e. The topological polar surface area (TPSA) is 95.9 Å². The van der Waals surface area contributed by atoms with Crippen molar-refractivity contribution in [2.45, 2.75) is 225 Å². The normalized spacial score (nSPS) is 14.2. The predicted octanol–water partition coefficient (Wildman–Crippen LogP) is 14.6. The molecule has 0 aliphatic carbocycles. The third-order valence-corrected chi connectivity index (χ3v) is 10.5. The van der Waals surface area contributed by atoms with Gasteiger partial charge in [0.1, 0.15) is 6.10 Å². The second-order valence-corrected chi connectivity index (χ2v) is 16.2. The van der Waals surface area contributed by atoms with Gasteiger partial charge in [-0.15, -0.1) is 0 Å². The third-order valence-electron chi connectivity index (χ3n) is 10.5. The molecule has 0 spiro atoms. The van der Waals surface area contributed by atoms with Crippen molar-refractivity contribution in [3.8, 4) is 0 Å². The van der Waals surface area contributed by atoms with Gasteiger partial charge in [-0.25, -0.2) is 0 Å². The number of rotatable bonds is 42. The highest BCUT2D eigenvalue weighted by molar-refractivity contribution is 5.77. The van der Waals surface area contributed by atoms with Crippen molar-refractivity contribution < 1.29 is 24.5 Å². The highest BCUT2D eigenvalue weighted by atomic mass is 16.5. The van der Waals surface area contributed by atoms with Crippen molar-refractivity contribution >= 4 is 11.9 Å². The molecule has 0 fully saturated rings. The summed E-state index contributed by atoms with van der Waals surface area (Å²) in [6, 6.07) is -0.726. The number of carbonyl (C=O) groups is 2. The number of esters is 1. The number of allylic oxidation sites excluding steroid dienone is 16. The highest BCUT2D eigenvalue weighted by Crippen LogP contribution is 2.17. The largest absolute Gasteiger partial charge is 0.462 e. The Kier molecular flexibility index (Phi) is 44.3. The van der Waals surface area contributed by atoms with E-state index in [2.05, 4.69) is 92.9 Å². The summed E-state index contributed by atoms with van der Waals surface area (Å²) < 4.78 is 5.89. The van der Waals surface area contributed by atoms with Crippen LogP contribution in [0.3, 0.4) is 0 Å². The van der Waals surface area contributed by atoms with Gasteiger partial charge in [0, 0.05) is 6.42 Å². The molecule has 0 aliphatic heterocycles. The molecule has 6 heteroatoms. The molecule has 342 valence electrons. The Morgan fingerprint density at radius 1 is 0.517 bits per heavy atom. The molecule has 0 heterocycles. The van der Waals surface area contributed by atoms with Gasteiger partial charge >= 0.3 is 5.97 Å². The molecule has 0 rings (SSSR count). The monoisotopic (exact) mass is 834 g/mol. The van der Waals surface area contributed by atoms with Gasteiger partial charge in [-0.2, -0.15) is 0 Å². The van der Waals surface area contributed by atoms with E-state index < -0.39 is 18.2 Å². The lowest BCUT2D eigenvalue weighted by Gasteiger charge is -2.24. The minimum Gasteiger partial charge on any atom is -0.462 e. The van der Waals surface area contributed by atoms with Gasteiger partial charge in [-0.1, -0.05) is 208 Å². The van der Waals surface area contributed by atoms with E-state index in [0.717, 1.165) is 103 Å². The van der Waals surface area contributed by atoms with E-state index in [1.807, 2.05) is 30.4 Å². The van der Waals surface area contributed by atoms with Crippen molar-refractivity contribution in [2.75, 3.05) is 6.61 Å². The van der Waals surface area contributed by atoms with E-state index in [-0.39, 0.29) is 24.9 Å².